The van der Waals surface area contributed by atoms with Crippen LogP contribution in [0.15, 0.2) is 17.7 Å². The molecule has 146 valence electrons. The summed E-state index contributed by atoms with van der Waals surface area (Å²) in [5, 5.41) is 5.11. The molecule has 1 N–H and O–H groups in total. The first-order valence-corrected chi connectivity index (χ1v) is 12.0. The highest BCUT2D eigenvalue weighted by molar-refractivity contribution is 7.91. The SMILES string of the molecule is O=C(/C=C/c1c(Cl)nc2sccn12)NC1CS(=O)(=O)CC1N1CCCCC1. The molecule has 0 aliphatic carbocycles. The lowest BCUT2D eigenvalue weighted by Crippen LogP contribution is -2.52. The number of fused-ring (bicyclic) bond motifs is 1. The molecule has 10 heteroatoms. The van der Waals surface area contributed by atoms with Gasteiger partial charge in [-0.1, -0.05) is 18.0 Å². The minimum Gasteiger partial charge on any atom is -0.347 e. The third-order valence-corrected chi connectivity index (χ3v) is 7.91. The molecule has 2 fully saturated rings. The summed E-state index contributed by atoms with van der Waals surface area (Å²) in [6, 6.07) is -0.526. The van der Waals surface area contributed by atoms with E-state index in [-0.39, 0.29) is 29.5 Å². The predicted octanol–water partition coefficient (Wildman–Crippen LogP) is 1.83. The van der Waals surface area contributed by atoms with E-state index in [2.05, 4.69) is 15.2 Å². The fourth-order valence-electron chi connectivity index (χ4n) is 3.89. The van der Waals surface area contributed by atoms with Crippen molar-refractivity contribution in [3.63, 3.8) is 0 Å². The molecule has 0 saturated carbocycles. The van der Waals surface area contributed by atoms with Gasteiger partial charge < -0.3 is 5.32 Å². The number of carbonyl (C=O) groups is 1. The number of halogens is 1. The van der Waals surface area contributed by atoms with E-state index >= 15 is 0 Å². The molecule has 4 heterocycles. The second-order valence-electron chi connectivity index (χ2n) is 7.03. The van der Waals surface area contributed by atoms with Crippen LogP contribution in [0.4, 0.5) is 0 Å². The van der Waals surface area contributed by atoms with Crippen LogP contribution in [0.1, 0.15) is 25.0 Å². The van der Waals surface area contributed by atoms with Crippen LogP contribution < -0.4 is 5.32 Å². The van der Waals surface area contributed by atoms with Crippen molar-refractivity contribution < 1.29 is 13.2 Å². The first-order chi connectivity index (χ1) is 12.9. The van der Waals surface area contributed by atoms with Gasteiger partial charge in [0.25, 0.3) is 0 Å². The fraction of sp³-hybridized carbons (Fsp3) is 0.529. The number of hydrogen-bond acceptors (Lipinski definition) is 6. The van der Waals surface area contributed by atoms with Gasteiger partial charge in [0, 0.05) is 23.7 Å². The number of likely N-dealkylation sites (tertiary alicyclic amines) is 1. The number of carbonyl (C=O) groups excluding carboxylic acids is 1. The van der Waals surface area contributed by atoms with Crippen molar-refractivity contribution >= 4 is 49.7 Å². The van der Waals surface area contributed by atoms with E-state index in [0.717, 1.165) is 30.9 Å². The average Bonchev–Trinajstić information content (AvgIpc) is 3.27. The summed E-state index contributed by atoms with van der Waals surface area (Å²) < 4.78 is 26.1. The highest BCUT2D eigenvalue weighted by atomic mass is 35.5. The molecule has 4 rings (SSSR count). The van der Waals surface area contributed by atoms with Crippen molar-refractivity contribution in [1.29, 1.82) is 0 Å². The van der Waals surface area contributed by atoms with Gasteiger partial charge in [-0.3, -0.25) is 14.1 Å². The molecule has 0 radical (unpaired) electrons. The Labute approximate surface area is 166 Å². The Morgan fingerprint density at radius 2 is 2.07 bits per heavy atom. The average molecular weight is 429 g/mol. The summed E-state index contributed by atoms with van der Waals surface area (Å²) in [4.78, 5) is 19.6. The summed E-state index contributed by atoms with van der Waals surface area (Å²) >= 11 is 7.59. The van der Waals surface area contributed by atoms with Crippen molar-refractivity contribution in [3.8, 4) is 0 Å². The number of piperidine rings is 1. The summed E-state index contributed by atoms with van der Waals surface area (Å²) in [5.41, 5.74) is 0.634. The molecule has 2 aromatic heterocycles. The summed E-state index contributed by atoms with van der Waals surface area (Å²) in [7, 11) is -3.14. The van der Waals surface area contributed by atoms with E-state index < -0.39 is 9.84 Å². The van der Waals surface area contributed by atoms with Crippen molar-refractivity contribution in [2.24, 2.45) is 0 Å². The number of rotatable bonds is 4. The van der Waals surface area contributed by atoms with E-state index in [1.165, 1.54) is 23.8 Å². The minimum atomic E-state index is -3.14. The van der Waals surface area contributed by atoms with Crippen LogP contribution in [0, 0.1) is 0 Å². The Bertz CT molecular complexity index is 976. The Kier molecular flexibility index (Phi) is 5.28. The molecule has 2 aromatic rings. The Balaban J connectivity index is 1.47. The van der Waals surface area contributed by atoms with Gasteiger partial charge >= 0.3 is 0 Å². The summed E-state index contributed by atoms with van der Waals surface area (Å²) in [6.45, 7) is 1.79. The van der Waals surface area contributed by atoms with Gasteiger partial charge in [0.15, 0.2) is 20.0 Å². The van der Waals surface area contributed by atoms with Gasteiger partial charge in [0.2, 0.25) is 5.91 Å². The third-order valence-electron chi connectivity index (χ3n) is 5.16. The zero-order valence-electron chi connectivity index (χ0n) is 14.7. The standard InChI is InChI=1S/C17H21ClN4O3S2/c18-16-13(22-8-9-26-17(22)20-16)4-5-15(23)19-12-10-27(24,25)11-14(12)21-6-2-1-3-7-21/h4-5,8-9,12,14H,1-3,6-7,10-11H2,(H,19,23)/b5-4+. The molecule has 0 bridgehead atoms. The smallest absolute Gasteiger partial charge is 0.244 e. The van der Waals surface area contributed by atoms with Crippen LogP contribution in [0.3, 0.4) is 0 Å². The lowest BCUT2D eigenvalue weighted by Gasteiger charge is -2.34. The molecule has 0 spiro atoms. The number of nitrogens with zero attached hydrogens (tertiary/aromatic N) is 3. The van der Waals surface area contributed by atoms with Gasteiger partial charge in [-0.05, 0) is 32.0 Å². The molecule has 7 nitrogen and oxygen atoms in total. The maximum Gasteiger partial charge on any atom is 0.244 e. The van der Waals surface area contributed by atoms with Gasteiger partial charge in [0.05, 0.1) is 23.2 Å². The molecular formula is C17H21ClN4O3S2. The van der Waals surface area contributed by atoms with Crippen LogP contribution in [-0.4, -0.2) is 65.3 Å². The maximum atomic E-state index is 12.4. The third kappa shape index (κ3) is 4.06. The van der Waals surface area contributed by atoms with E-state index in [9.17, 15) is 13.2 Å². The first-order valence-electron chi connectivity index (χ1n) is 8.97. The van der Waals surface area contributed by atoms with Crippen LogP contribution >= 0.6 is 22.9 Å². The molecular weight excluding hydrogens is 408 g/mol. The van der Waals surface area contributed by atoms with Crippen LogP contribution in [0.25, 0.3) is 11.0 Å². The van der Waals surface area contributed by atoms with E-state index in [0.29, 0.717) is 10.8 Å². The minimum absolute atomic E-state index is 0.00401. The molecule has 2 unspecified atom stereocenters. The zero-order valence-corrected chi connectivity index (χ0v) is 17.1. The molecule has 2 saturated heterocycles. The summed E-state index contributed by atoms with van der Waals surface area (Å²) in [6.07, 6.45) is 8.18. The maximum absolute atomic E-state index is 12.4. The number of amides is 1. The summed E-state index contributed by atoms with van der Waals surface area (Å²) in [5.74, 6) is -0.206. The van der Waals surface area contributed by atoms with Crippen LogP contribution in [0.2, 0.25) is 5.15 Å². The van der Waals surface area contributed by atoms with E-state index in [1.807, 2.05) is 16.0 Å². The molecule has 1 amide bonds. The number of aromatic nitrogens is 2. The van der Waals surface area contributed by atoms with Gasteiger partial charge in [-0.2, -0.15) is 0 Å². The van der Waals surface area contributed by atoms with Gasteiger partial charge in [0.1, 0.15) is 0 Å². The normalized spacial score (nSPS) is 26.1. The topological polar surface area (TPSA) is 83.8 Å². The fourth-order valence-corrected chi connectivity index (χ4v) is 6.85. The lowest BCUT2D eigenvalue weighted by atomic mass is 10.0. The quantitative estimate of drug-likeness (QED) is 0.751. The van der Waals surface area contributed by atoms with Crippen LogP contribution in [-0.2, 0) is 14.6 Å². The van der Waals surface area contributed by atoms with Gasteiger partial charge in [-0.25, -0.2) is 13.4 Å². The molecule has 27 heavy (non-hydrogen) atoms. The molecule has 2 aliphatic heterocycles. The van der Waals surface area contributed by atoms with Crippen molar-refractivity contribution in [2.45, 2.75) is 31.3 Å². The second-order valence-corrected chi connectivity index (χ2v) is 10.4. The Morgan fingerprint density at radius 3 is 2.85 bits per heavy atom. The van der Waals surface area contributed by atoms with Crippen LogP contribution in [0.5, 0.6) is 0 Å². The number of nitrogens with one attached hydrogen (secondary N) is 1. The highest BCUT2D eigenvalue weighted by Crippen LogP contribution is 2.24. The highest BCUT2D eigenvalue weighted by Gasteiger charge is 2.41. The number of thiazole rings is 1. The molecule has 0 aromatic carbocycles. The number of hydrogen-bond donors (Lipinski definition) is 1. The monoisotopic (exact) mass is 428 g/mol. The second kappa shape index (κ2) is 7.54. The first kappa shape index (κ1) is 18.9. The zero-order chi connectivity index (χ0) is 19.0. The molecule has 2 aliphatic rings. The number of sulfone groups is 1. The van der Waals surface area contributed by atoms with Gasteiger partial charge in [-0.15, -0.1) is 11.3 Å². The predicted molar refractivity (Wildman–Crippen MR) is 107 cm³/mol. The molecule has 2 atom stereocenters. The van der Waals surface area contributed by atoms with Crippen molar-refractivity contribution in [2.75, 3.05) is 24.6 Å². The van der Waals surface area contributed by atoms with E-state index in [1.54, 1.807) is 6.08 Å². The van der Waals surface area contributed by atoms with Crippen molar-refractivity contribution in [1.82, 2.24) is 19.6 Å². The Hall–Kier alpha value is -1.42. The number of imidazole rings is 1. The van der Waals surface area contributed by atoms with E-state index in [4.69, 9.17) is 11.6 Å². The largest absolute Gasteiger partial charge is 0.347 e. The Morgan fingerprint density at radius 1 is 1.30 bits per heavy atom. The lowest BCUT2D eigenvalue weighted by molar-refractivity contribution is -0.117. The van der Waals surface area contributed by atoms with Crippen molar-refractivity contribution in [3.05, 3.63) is 28.5 Å².